The van der Waals surface area contributed by atoms with E-state index in [1.807, 2.05) is 30.5 Å². The van der Waals surface area contributed by atoms with Gasteiger partial charge in [-0.3, -0.25) is 4.98 Å². The van der Waals surface area contributed by atoms with Crippen LogP contribution in [0.3, 0.4) is 0 Å². The van der Waals surface area contributed by atoms with Crippen molar-refractivity contribution >= 4 is 50.8 Å². The van der Waals surface area contributed by atoms with Crippen LogP contribution in [0, 0.1) is 30.7 Å². The van der Waals surface area contributed by atoms with Gasteiger partial charge < -0.3 is 8.98 Å². The van der Waals surface area contributed by atoms with Gasteiger partial charge in [-0.2, -0.15) is 0 Å². The molecule has 0 atom stereocenters. The summed E-state index contributed by atoms with van der Waals surface area (Å²) in [6.07, 6.45) is 3.00. The third-order valence-electron chi connectivity index (χ3n) is 9.55. The molecule has 0 N–H and O–H groups in total. The van der Waals surface area contributed by atoms with Gasteiger partial charge in [-0.25, -0.2) is 4.98 Å². The Kier molecular flexibility index (Phi) is 10.5. The Hall–Kier alpha value is -4.43. The largest absolute Gasteiger partial charge is 0.486 e. The van der Waals surface area contributed by atoms with Crippen molar-refractivity contribution in [1.29, 1.82) is 0 Å². The zero-order valence-corrected chi connectivity index (χ0v) is 37.0. The molecule has 1 radical (unpaired) electrons. The van der Waals surface area contributed by atoms with Gasteiger partial charge in [0.1, 0.15) is 0 Å². The predicted octanol–water partition coefficient (Wildman–Crippen LogP) is 11.8. The summed E-state index contributed by atoms with van der Waals surface area (Å²) in [5.74, 6) is 8.20. The first-order valence-electron chi connectivity index (χ1n) is 19.9. The van der Waals surface area contributed by atoms with E-state index in [2.05, 4.69) is 115 Å². The molecule has 8 heteroatoms. The molecule has 0 saturated carbocycles. The number of hydrogen-bond donors (Lipinski definition) is 0. The van der Waals surface area contributed by atoms with E-state index in [1.165, 1.54) is 27.7 Å². The zero-order chi connectivity index (χ0) is 40.9. The number of pyridine rings is 2. The fourth-order valence-corrected chi connectivity index (χ4v) is 10.2. The van der Waals surface area contributed by atoms with E-state index in [0.717, 1.165) is 45.3 Å². The van der Waals surface area contributed by atoms with Crippen molar-refractivity contribution in [3.8, 4) is 28.3 Å². The van der Waals surface area contributed by atoms with Crippen LogP contribution >= 0.6 is 0 Å². The van der Waals surface area contributed by atoms with Crippen LogP contribution < -0.4 is 4.40 Å². The van der Waals surface area contributed by atoms with Crippen LogP contribution in [-0.2, 0) is 31.9 Å². The first kappa shape index (κ1) is 36.2. The number of aromatic nitrogens is 4. The van der Waals surface area contributed by atoms with Crippen LogP contribution in [0.15, 0.2) is 108 Å². The Balaban J connectivity index is 0.000000221. The van der Waals surface area contributed by atoms with Gasteiger partial charge in [0.25, 0.3) is 0 Å². The van der Waals surface area contributed by atoms with Gasteiger partial charge in [0.2, 0.25) is 5.71 Å². The predicted molar refractivity (Wildman–Crippen MR) is 224 cm³/mol. The molecule has 5 nitrogen and oxygen atoms in total. The standard InChI is InChI=1S/C29H24N3O.C18H23FGeN.Ir/c1-18-9-15-22-23-17-19(10-16-26(23)33-28(22)30-18)27-31-24-7-5-6-8-25(24)32(27)21-13-11-20(12-14-21)29(2,3)4;1-13(2)10-14-11-18(15-8-6-7-9-16(15)19)21-12-17(14)20(3,4)5;/h5-9,11-17H,1-4H3;6-7,9,11-13H,10H2,1-5H3;/q2*-1;/i1D3;;. The maximum absolute atomic E-state index is 13.9. The molecule has 0 spiro atoms. The molecule has 55 heavy (non-hydrogen) atoms. The molecule has 0 aliphatic heterocycles. The molecule has 0 saturated heterocycles. The van der Waals surface area contributed by atoms with Gasteiger partial charge in [-0.1, -0.05) is 50.4 Å². The van der Waals surface area contributed by atoms with Crippen molar-refractivity contribution in [3.63, 3.8) is 0 Å². The number of imidazole rings is 1. The summed E-state index contributed by atoms with van der Waals surface area (Å²) in [5.41, 5.74) is 8.45. The molecule has 4 aromatic carbocycles. The number of rotatable bonds is 6. The number of furan rings is 1. The summed E-state index contributed by atoms with van der Waals surface area (Å²) in [6.45, 7) is 8.75. The van der Waals surface area contributed by atoms with Gasteiger partial charge in [-0.15, -0.1) is 23.8 Å². The van der Waals surface area contributed by atoms with E-state index in [4.69, 9.17) is 13.5 Å². The second-order valence-corrected chi connectivity index (χ2v) is 26.9. The van der Waals surface area contributed by atoms with E-state index in [9.17, 15) is 4.39 Å². The molecular weight excluding hydrogens is 920 g/mol. The maximum atomic E-state index is 13.9. The van der Waals surface area contributed by atoms with E-state index in [0.29, 0.717) is 28.5 Å². The number of fused-ring (bicyclic) bond motifs is 4. The number of halogens is 1. The van der Waals surface area contributed by atoms with Gasteiger partial charge in [0.05, 0.1) is 22.4 Å². The smallest absolute Gasteiger partial charge is 0.216 e. The fraction of sp³-hybridized carbons (Fsp3) is 0.255. The van der Waals surface area contributed by atoms with Crippen molar-refractivity contribution < 1.29 is 33.0 Å². The molecular formula is C47H47FGeIrN4O-2. The Labute approximate surface area is 344 Å². The summed E-state index contributed by atoms with van der Waals surface area (Å²) >= 11 is -1.97. The molecule has 0 unspecified atom stereocenters. The molecule has 4 aromatic heterocycles. The second kappa shape index (κ2) is 16.0. The van der Waals surface area contributed by atoms with E-state index >= 15 is 0 Å². The van der Waals surface area contributed by atoms with Crippen LogP contribution in [0.1, 0.15) is 55.6 Å². The van der Waals surface area contributed by atoms with Crippen LogP contribution in [-0.4, -0.2) is 32.8 Å². The average molecular weight is 971 g/mol. The number of aryl methyl sites for hydroxylation is 1. The zero-order valence-electron chi connectivity index (χ0n) is 35.5. The van der Waals surface area contributed by atoms with Crippen LogP contribution in [0.25, 0.3) is 61.4 Å². The van der Waals surface area contributed by atoms with Crippen molar-refractivity contribution in [2.24, 2.45) is 5.92 Å². The Morgan fingerprint density at radius 3 is 2.36 bits per heavy atom. The second-order valence-electron chi connectivity index (χ2n) is 16.3. The first-order valence-corrected chi connectivity index (χ1v) is 25.7. The Bertz CT molecular complexity index is 2730. The van der Waals surface area contributed by atoms with Crippen LogP contribution in [0.4, 0.5) is 4.39 Å². The Morgan fingerprint density at radius 2 is 1.67 bits per heavy atom. The minimum absolute atomic E-state index is 0. The van der Waals surface area contributed by atoms with E-state index in [1.54, 1.807) is 24.3 Å². The van der Waals surface area contributed by atoms with Crippen LogP contribution in [0.5, 0.6) is 0 Å². The summed E-state index contributed by atoms with van der Waals surface area (Å²) in [7, 11) is 0. The minimum atomic E-state index is -2.29. The summed E-state index contributed by atoms with van der Waals surface area (Å²) in [5, 5.41) is 1.59. The van der Waals surface area contributed by atoms with Gasteiger partial charge in [0.15, 0.2) is 0 Å². The number of para-hydroxylation sites is 2. The van der Waals surface area contributed by atoms with Crippen molar-refractivity contribution in [3.05, 3.63) is 138 Å². The summed E-state index contributed by atoms with van der Waals surface area (Å²) < 4.78 is 46.3. The number of benzene rings is 4. The van der Waals surface area contributed by atoms with Crippen molar-refractivity contribution in [2.75, 3.05) is 0 Å². The SMILES string of the molecule is CC(C)Cc1cc(-c2[c-]cccc2F)nc[c]1[Ge]([CH3])([CH3])[CH3].[2H]C([2H])([2H])c1ccc2c(n1)oc1c[c-]c(-c3nc4ccccc4n3-c3ccc(C(C)(C)C)cc3)cc12.[Ir]. The first-order chi connectivity index (χ1) is 26.9. The molecule has 0 aliphatic carbocycles. The molecule has 283 valence electrons. The van der Waals surface area contributed by atoms with Crippen LogP contribution in [0.2, 0.25) is 17.3 Å². The molecule has 0 aliphatic rings. The topological polar surface area (TPSA) is 56.7 Å². The molecule has 4 heterocycles. The molecule has 0 amide bonds. The third-order valence-corrected chi connectivity index (χ3v) is 13.9. The molecule has 0 bridgehead atoms. The van der Waals surface area contributed by atoms with Gasteiger partial charge in [0, 0.05) is 41.0 Å². The number of hydrogen-bond acceptors (Lipinski definition) is 4. The quantitative estimate of drug-likeness (QED) is 0.123. The fourth-order valence-electron chi connectivity index (χ4n) is 6.84. The third kappa shape index (κ3) is 8.55. The number of nitrogens with zero attached hydrogens (tertiary/aromatic N) is 4. The summed E-state index contributed by atoms with van der Waals surface area (Å²) in [6, 6.07) is 36.9. The summed E-state index contributed by atoms with van der Waals surface area (Å²) in [4.78, 5) is 13.7. The molecule has 8 aromatic rings. The average Bonchev–Trinajstić information content (AvgIpc) is 3.72. The minimum Gasteiger partial charge on any atom is -0.486 e. The van der Waals surface area contributed by atoms with E-state index < -0.39 is 20.1 Å². The van der Waals surface area contributed by atoms with Crippen molar-refractivity contribution in [2.45, 2.75) is 70.6 Å². The Morgan fingerprint density at radius 1 is 0.909 bits per heavy atom. The normalized spacial score (nSPS) is 12.9. The monoisotopic (exact) mass is 972 g/mol. The molecule has 8 rings (SSSR count). The van der Waals surface area contributed by atoms with Crippen molar-refractivity contribution in [1.82, 2.24) is 19.5 Å². The maximum Gasteiger partial charge on any atom is 0.216 e. The molecule has 0 fully saturated rings. The van der Waals surface area contributed by atoms with E-state index in [-0.39, 0.29) is 37.0 Å². The van der Waals surface area contributed by atoms with Gasteiger partial charge in [-0.05, 0) is 54.2 Å². The van der Waals surface area contributed by atoms with Gasteiger partial charge >= 0.3 is 130 Å².